The predicted molar refractivity (Wildman–Crippen MR) is 102 cm³/mol. The summed E-state index contributed by atoms with van der Waals surface area (Å²) >= 11 is 0. The molecule has 31 heavy (non-hydrogen) atoms. The highest BCUT2D eigenvalue weighted by Crippen LogP contribution is 2.33. The Bertz CT molecular complexity index is 1180. The lowest BCUT2D eigenvalue weighted by atomic mass is 10.1. The summed E-state index contributed by atoms with van der Waals surface area (Å²) in [5.74, 6) is 0.295. The molecular formula is C20H16F3N5O3. The van der Waals surface area contributed by atoms with Gasteiger partial charge in [0.25, 0.3) is 0 Å². The Morgan fingerprint density at radius 2 is 2.16 bits per heavy atom. The van der Waals surface area contributed by atoms with Crippen molar-refractivity contribution in [3.63, 3.8) is 0 Å². The van der Waals surface area contributed by atoms with Crippen LogP contribution in [0, 0.1) is 17.2 Å². The molecule has 8 nitrogen and oxygen atoms in total. The van der Waals surface area contributed by atoms with Crippen LogP contribution in [-0.2, 0) is 4.79 Å². The minimum atomic E-state index is -4.82. The van der Waals surface area contributed by atoms with E-state index in [0.717, 1.165) is 19.0 Å². The maximum atomic E-state index is 12.6. The summed E-state index contributed by atoms with van der Waals surface area (Å²) < 4.78 is 44.5. The van der Waals surface area contributed by atoms with Crippen molar-refractivity contribution in [3.8, 4) is 22.9 Å². The molecule has 3 aromatic rings. The highest BCUT2D eigenvalue weighted by Gasteiger charge is 2.39. The van der Waals surface area contributed by atoms with Crippen LogP contribution in [0.1, 0.15) is 18.5 Å². The van der Waals surface area contributed by atoms with Gasteiger partial charge in [0.1, 0.15) is 24.1 Å². The predicted octanol–water partition coefficient (Wildman–Crippen LogP) is 2.92. The van der Waals surface area contributed by atoms with Gasteiger partial charge in [-0.3, -0.25) is 4.79 Å². The van der Waals surface area contributed by atoms with E-state index in [-0.39, 0.29) is 23.3 Å². The summed E-state index contributed by atoms with van der Waals surface area (Å²) in [6, 6.07) is 8.23. The Kier molecular flexibility index (Phi) is 5.24. The molecule has 1 aliphatic carbocycles. The molecule has 0 aromatic carbocycles. The Morgan fingerprint density at radius 3 is 2.84 bits per heavy atom. The highest BCUT2D eigenvalue weighted by molar-refractivity contribution is 5.93. The van der Waals surface area contributed by atoms with Crippen LogP contribution in [0.5, 0.6) is 5.75 Å². The first-order valence-corrected chi connectivity index (χ1v) is 9.33. The quantitative estimate of drug-likeness (QED) is 0.621. The van der Waals surface area contributed by atoms with E-state index in [1.165, 1.54) is 10.6 Å². The van der Waals surface area contributed by atoms with Crippen LogP contribution < -0.4 is 10.1 Å². The number of pyridine rings is 2. The van der Waals surface area contributed by atoms with Gasteiger partial charge >= 0.3 is 6.18 Å². The van der Waals surface area contributed by atoms with Crippen LogP contribution in [0.15, 0.2) is 36.7 Å². The Hall–Kier alpha value is -3.65. The summed E-state index contributed by atoms with van der Waals surface area (Å²) in [6.45, 7) is -1.02. The smallest absolute Gasteiger partial charge is 0.417 e. The summed E-state index contributed by atoms with van der Waals surface area (Å²) in [4.78, 5) is 15.8. The summed E-state index contributed by atoms with van der Waals surface area (Å²) in [5, 5.41) is 25.4. The minimum Gasteiger partial charge on any atom is -0.488 e. The van der Waals surface area contributed by atoms with Gasteiger partial charge in [0, 0.05) is 23.7 Å². The topological polar surface area (TPSA) is 113 Å². The average Bonchev–Trinajstić information content (AvgIpc) is 3.51. The van der Waals surface area contributed by atoms with Gasteiger partial charge < -0.3 is 15.2 Å². The number of alkyl halides is 3. The van der Waals surface area contributed by atoms with Gasteiger partial charge in [0.15, 0.2) is 11.9 Å². The van der Waals surface area contributed by atoms with Gasteiger partial charge in [0.05, 0.1) is 11.7 Å². The molecule has 0 saturated heterocycles. The maximum absolute atomic E-state index is 12.6. The number of rotatable bonds is 6. The van der Waals surface area contributed by atoms with E-state index in [9.17, 15) is 23.1 Å². The molecule has 0 spiro atoms. The zero-order chi connectivity index (χ0) is 22.2. The van der Waals surface area contributed by atoms with Gasteiger partial charge in [-0.1, -0.05) is 0 Å². The average molecular weight is 431 g/mol. The van der Waals surface area contributed by atoms with Crippen LogP contribution in [0.3, 0.4) is 0 Å². The monoisotopic (exact) mass is 431 g/mol. The number of hydrogen-bond donors (Lipinski definition) is 2. The molecule has 0 unspecified atom stereocenters. The van der Waals surface area contributed by atoms with Crippen LogP contribution in [0.25, 0.3) is 16.6 Å². The van der Waals surface area contributed by atoms with Crippen LogP contribution in [0.4, 0.5) is 19.0 Å². The molecule has 1 fully saturated rings. The zero-order valence-electron chi connectivity index (χ0n) is 15.9. The molecule has 2 N–H and O–H groups in total. The number of nitriles is 1. The minimum absolute atomic E-state index is 0.0200. The number of aromatic nitrogens is 3. The fourth-order valence-corrected chi connectivity index (χ4v) is 2.90. The van der Waals surface area contributed by atoms with E-state index in [4.69, 9.17) is 10.00 Å². The first kappa shape index (κ1) is 20.6. The van der Waals surface area contributed by atoms with E-state index < -0.39 is 18.9 Å². The van der Waals surface area contributed by atoms with Crippen molar-refractivity contribution in [2.24, 2.45) is 5.92 Å². The summed E-state index contributed by atoms with van der Waals surface area (Å²) in [6.07, 6.45) is -3.02. The lowest BCUT2D eigenvalue weighted by Crippen LogP contribution is -2.34. The number of carbonyl (C=O) groups is 1. The number of nitrogens with one attached hydrogen (secondary N) is 1. The largest absolute Gasteiger partial charge is 0.488 e. The van der Waals surface area contributed by atoms with Gasteiger partial charge in [-0.15, -0.1) is 0 Å². The second-order valence-corrected chi connectivity index (χ2v) is 7.12. The third-order valence-electron chi connectivity index (χ3n) is 4.73. The Morgan fingerprint density at radius 1 is 1.39 bits per heavy atom. The Labute approximate surface area is 173 Å². The first-order chi connectivity index (χ1) is 14.7. The van der Waals surface area contributed by atoms with E-state index in [1.807, 2.05) is 6.07 Å². The number of amides is 1. The second-order valence-electron chi connectivity index (χ2n) is 7.12. The van der Waals surface area contributed by atoms with Crippen molar-refractivity contribution in [1.29, 1.82) is 5.26 Å². The van der Waals surface area contributed by atoms with Gasteiger partial charge in [-0.2, -0.15) is 23.5 Å². The standard InChI is InChI=1S/C20H16F3N5O3/c21-20(22,23)17(29)10-31-16-9-25-13(8-24)6-15(16)12-3-4-28-14(5-12)7-18(27-28)26-19(30)11-1-2-11/h3-7,9,11,17,29H,1-2,10H2,(H,26,27,30)/t17-/m0/s1. The molecule has 1 aliphatic rings. The fraction of sp³-hybridized carbons (Fsp3) is 0.300. The lowest BCUT2D eigenvalue weighted by molar-refractivity contribution is -0.210. The van der Waals surface area contributed by atoms with Gasteiger partial charge in [-0.05, 0) is 36.6 Å². The molecular weight excluding hydrogens is 415 g/mol. The van der Waals surface area contributed by atoms with Crippen molar-refractivity contribution in [3.05, 3.63) is 42.4 Å². The van der Waals surface area contributed by atoms with Crippen molar-refractivity contribution in [2.75, 3.05) is 11.9 Å². The Balaban J connectivity index is 1.63. The van der Waals surface area contributed by atoms with E-state index in [1.54, 1.807) is 24.4 Å². The number of halogens is 3. The van der Waals surface area contributed by atoms with E-state index in [0.29, 0.717) is 22.5 Å². The highest BCUT2D eigenvalue weighted by atomic mass is 19.4. The van der Waals surface area contributed by atoms with Gasteiger partial charge in [0.2, 0.25) is 5.91 Å². The first-order valence-electron chi connectivity index (χ1n) is 9.33. The number of carbonyl (C=O) groups excluding carboxylic acids is 1. The van der Waals surface area contributed by atoms with Crippen LogP contribution in [0.2, 0.25) is 0 Å². The molecule has 4 rings (SSSR count). The van der Waals surface area contributed by atoms with Crippen molar-refractivity contribution in [2.45, 2.75) is 25.1 Å². The SMILES string of the molecule is N#Cc1cc(-c2ccn3nc(NC(=O)C4CC4)cc3c2)c(OC[C@H](O)C(F)(F)F)cn1. The van der Waals surface area contributed by atoms with Crippen molar-refractivity contribution >= 4 is 17.2 Å². The summed E-state index contributed by atoms with van der Waals surface area (Å²) in [5.41, 5.74) is 1.51. The molecule has 1 atom stereocenters. The third kappa shape index (κ3) is 4.59. The van der Waals surface area contributed by atoms with E-state index >= 15 is 0 Å². The molecule has 1 saturated carbocycles. The molecule has 11 heteroatoms. The normalized spacial score (nSPS) is 14.8. The molecule has 3 aromatic heterocycles. The number of fused-ring (bicyclic) bond motifs is 1. The fourth-order valence-electron chi connectivity index (χ4n) is 2.90. The van der Waals surface area contributed by atoms with Crippen LogP contribution in [-0.4, -0.2) is 44.5 Å². The van der Waals surface area contributed by atoms with Crippen molar-refractivity contribution in [1.82, 2.24) is 14.6 Å². The third-order valence-corrected chi connectivity index (χ3v) is 4.73. The van der Waals surface area contributed by atoms with Crippen LogP contribution >= 0.6 is 0 Å². The number of hydrogen-bond acceptors (Lipinski definition) is 6. The zero-order valence-corrected chi connectivity index (χ0v) is 15.9. The number of anilines is 1. The molecule has 1 amide bonds. The van der Waals surface area contributed by atoms with Crippen molar-refractivity contribution < 1.29 is 27.8 Å². The second kappa shape index (κ2) is 7.88. The lowest BCUT2D eigenvalue weighted by Gasteiger charge is -2.17. The molecule has 3 heterocycles. The number of ether oxygens (including phenoxy) is 1. The number of nitrogens with zero attached hydrogens (tertiary/aromatic N) is 4. The number of aliphatic hydroxyl groups excluding tert-OH is 1. The van der Waals surface area contributed by atoms with Gasteiger partial charge in [-0.25, -0.2) is 9.50 Å². The van der Waals surface area contributed by atoms with E-state index in [2.05, 4.69) is 15.4 Å². The molecule has 0 radical (unpaired) electrons. The summed E-state index contributed by atoms with van der Waals surface area (Å²) in [7, 11) is 0. The molecule has 0 bridgehead atoms. The molecule has 160 valence electrons. The molecule has 0 aliphatic heterocycles. The number of aliphatic hydroxyl groups is 1. The maximum Gasteiger partial charge on any atom is 0.417 e.